The molecule has 0 aromatic rings. The van der Waals surface area contributed by atoms with Gasteiger partial charge in [-0.1, -0.05) is 104 Å². The molecule has 5 saturated carbocycles. The fourth-order valence-electron chi connectivity index (χ4n) is 18.8. The number of ether oxygens (including phenoxy) is 1. The Morgan fingerprint density at radius 1 is 0.606 bits per heavy atom. The molecule has 12 atom stereocenters. The molecule has 612 valence electrons. The fourth-order valence-corrected chi connectivity index (χ4v) is 18.8. The first kappa shape index (κ1) is 86.0. The number of likely N-dealkylation sites (N-methyl/N-ethyl adjacent to an activating group) is 6. The SMILES string of the molecule is CCO[C@@H]1C[C@H]2C(=O)NC3(CCC3)C(=O)N(C)[C@@H](C3CCCC3)C(=O)N(C)[C@H](C(=O)N3CCCC3)CC(=O)N(C)[C@@H](CC3CCCC3)C(=O)N[C@@H]([C@@H](C)CC)C(=O)N(C)CC(=O)N(C)[C@H]3C/C=C\CCN(C3=O)[C@@H](CC3CCC(C)CC3)C(=O)N(C)CC(=O)N[C@@H](CCC3CC(F)C(C(F)(F)F)C(F)C3)C(=O)N2C1. The molecule has 30 heteroatoms. The van der Waals surface area contributed by atoms with E-state index in [-0.39, 0.29) is 82.9 Å². The highest BCUT2D eigenvalue weighted by atomic mass is 19.4. The van der Waals surface area contributed by atoms with Crippen LogP contribution in [0.15, 0.2) is 12.2 Å². The van der Waals surface area contributed by atoms with Gasteiger partial charge in [-0.15, -0.1) is 0 Å². The van der Waals surface area contributed by atoms with E-state index in [4.69, 9.17) is 4.74 Å². The summed E-state index contributed by atoms with van der Waals surface area (Å²) in [6.07, 6.45) is 1.93. The number of fused-ring (bicyclic) bond motifs is 3. The predicted octanol–water partition coefficient (Wildman–Crippen LogP) is 6.88. The summed E-state index contributed by atoms with van der Waals surface area (Å²) in [5.74, 6) is -12.5. The molecule has 0 aromatic carbocycles. The van der Waals surface area contributed by atoms with Crippen LogP contribution in [-0.2, 0) is 62.3 Å². The van der Waals surface area contributed by atoms with Crippen LogP contribution in [0, 0.1) is 41.4 Å². The van der Waals surface area contributed by atoms with Crippen LogP contribution in [0.4, 0.5) is 22.0 Å². The van der Waals surface area contributed by atoms with Gasteiger partial charge < -0.3 is 64.8 Å². The fraction of sp³-hybridized carbons (Fsp3) is 0.823. The third-order valence-electron chi connectivity index (χ3n) is 26.0. The van der Waals surface area contributed by atoms with Gasteiger partial charge in [-0.2, -0.15) is 13.2 Å². The molecule has 2 bridgehead atoms. The summed E-state index contributed by atoms with van der Waals surface area (Å²) in [6.45, 7) is 6.88. The zero-order valence-corrected chi connectivity index (χ0v) is 66.0. The Hall–Kier alpha value is -7.01. The minimum Gasteiger partial charge on any atom is -0.377 e. The van der Waals surface area contributed by atoms with Gasteiger partial charge in [-0.3, -0.25) is 57.5 Å². The molecular formula is C79H123F5N12O13. The Kier molecular flexibility index (Phi) is 30.0. The van der Waals surface area contributed by atoms with Crippen LogP contribution in [0.3, 0.4) is 0 Å². The molecule has 2 unspecified atom stereocenters. The molecule has 0 aromatic heterocycles. The van der Waals surface area contributed by atoms with Crippen molar-refractivity contribution in [3.05, 3.63) is 12.2 Å². The number of carbonyl (C=O) groups excluding carboxylic acids is 12. The molecule has 3 saturated heterocycles. The van der Waals surface area contributed by atoms with Gasteiger partial charge in [0.2, 0.25) is 70.9 Å². The third kappa shape index (κ3) is 20.6. The van der Waals surface area contributed by atoms with E-state index < -0.39 is 205 Å². The highest BCUT2D eigenvalue weighted by Crippen LogP contribution is 2.45. The Labute approximate surface area is 640 Å². The van der Waals surface area contributed by atoms with E-state index >= 15 is 51.9 Å². The van der Waals surface area contributed by atoms with Crippen molar-refractivity contribution in [1.29, 1.82) is 0 Å². The maximum absolute atomic E-state index is 15.8. The average molecular weight is 1540 g/mol. The lowest BCUT2D eigenvalue weighted by Gasteiger charge is -2.46. The summed E-state index contributed by atoms with van der Waals surface area (Å²) in [5, 5.41) is 8.73. The molecule has 109 heavy (non-hydrogen) atoms. The molecule has 12 amide bonds. The van der Waals surface area contributed by atoms with E-state index in [0.717, 1.165) is 69.1 Å². The van der Waals surface area contributed by atoms with Crippen LogP contribution in [0.2, 0.25) is 0 Å². The van der Waals surface area contributed by atoms with Crippen molar-refractivity contribution >= 4 is 70.9 Å². The molecule has 25 nitrogen and oxygen atoms in total. The average Bonchev–Trinajstić information content (AvgIpc) is 1.70. The standard InChI is InChI=1S/C79H123F5N12O13/c1-11-49(4)67-75(106)89(6)47-65(99)90(7)58-27-14-13-19-38-95(74(58)105)62(42-51-30-28-48(3)29-31-51)72(103)88(5)46-63(97)85-57(33-32-52-39-55(80)66(56(81)40-52)79(82,83)84)71(102)96-45-54(109-12-2)43-60(96)70(101)87-78(34-22-35-78)77(108)93(10)68(53-25-17-18-26-53)76(107)92(9)61(73(104)94-36-20-21-37-94)44-64(98)91(8)59(69(100)86-67)41-50-23-15-16-24-50/h13-14,48-62,66-68H,11-12,15-47H2,1-10H3,(H,85,97)(H,86,100)(H,87,101)/b14-13-/t48?,49-,51?,52?,54+,55?,56?,57-,58-,59-,60-,61-,62-,66?,67-,68-/m0/s1. The van der Waals surface area contributed by atoms with Crippen molar-refractivity contribution < 1.29 is 84.2 Å². The summed E-state index contributed by atoms with van der Waals surface area (Å²) in [4.78, 5) is 195. The van der Waals surface area contributed by atoms with E-state index in [1.807, 2.05) is 13.0 Å². The molecule has 0 radical (unpaired) electrons. The monoisotopic (exact) mass is 1540 g/mol. The molecule has 5 aliphatic carbocycles. The Balaban J connectivity index is 1.10. The molecule has 1 spiro atoms. The quantitative estimate of drug-likeness (QED) is 0.125. The highest BCUT2D eigenvalue weighted by Gasteiger charge is 2.56. The van der Waals surface area contributed by atoms with Gasteiger partial charge in [-0.25, -0.2) is 8.78 Å². The highest BCUT2D eigenvalue weighted by molar-refractivity contribution is 6.01. The number of halogens is 5. The maximum Gasteiger partial charge on any atom is 0.397 e. The van der Waals surface area contributed by atoms with Gasteiger partial charge in [0.15, 0.2) is 0 Å². The second-order valence-corrected chi connectivity index (χ2v) is 33.6. The van der Waals surface area contributed by atoms with E-state index in [9.17, 15) is 27.6 Å². The van der Waals surface area contributed by atoms with Gasteiger partial charge in [0, 0.05) is 81.5 Å². The van der Waals surface area contributed by atoms with Gasteiger partial charge in [0.25, 0.3) is 0 Å². The molecule has 8 fully saturated rings. The Morgan fingerprint density at radius 2 is 1.22 bits per heavy atom. The van der Waals surface area contributed by atoms with E-state index in [0.29, 0.717) is 64.0 Å². The van der Waals surface area contributed by atoms with E-state index in [2.05, 4.69) is 22.9 Å². The first-order valence-electron chi connectivity index (χ1n) is 40.7. The van der Waals surface area contributed by atoms with Crippen LogP contribution in [0.1, 0.15) is 207 Å². The molecule has 4 aliphatic heterocycles. The second kappa shape index (κ2) is 38.0. The number of carbonyl (C=O) groups is 12. The minimum absolute atomic E-state index is 0.0161. The van der Waals surface area contributed by atoms with Crippen molar-refractivity contribution in [1.82, 2.24) is 60.0 Å². The molecule has 9 rings (SSSR count). The smallest absolute Gasteiger partial charge is 0.377 e. The normalized spacial score (nSPS) is 33.3. The summed E-state index contributed by atoms with van der Waals surface area (Å²) in [6, 6.07) is -10.4. The van der Waals surface area contributed by atoms with Gasteiger partial charge in [0.05, 0.1) is 25.6 Å². The third-order valence-corrected chi connectivity index (χ3v) is 26.0. The largest absolute Gasteiger partial charge is 0.397 e. The first-order valence-corrected chi connectivity index (χ1v) is 40.7. The number of amides is 12. The number of likely N-dealkylation sites (tertiary alicyclic amines) is 1. The number of nitrogens with zero attached hydrogens (tertiary/aromatic N) is 9. The number of hydrogen-bond donors (Lipinski definition) is 3. The van der Waals surface area contributed by atoms with Crippen LogP contribution in [-0.4, -0.2) is 282 Å². The topological polar surface area (TPSA) is 279 Å². The molecule has 9 aliphatic rings. The maximum atomic E-state index is 15.8. The predicted molar refractivity (Wildman–Crippen MR) is 395 cm³/mol. The van der Waals surface area contributed by atoms with Crippen LogP contribution in [0.25, 0.3) is 0 Å². The Morgan fingerprint density at radius 3 is 1.83 bits per heavy atom. The number of hydrogen-bond acceptors (Lipinski definition) is 13. The number of nitrogens with one attached hydrogen (secondary N) is 3. The van der Waals surface area contributed by atoms with Crippen LogP contribution < -0.4 is 16.0 Å². The summed E-state index contributed by atoms with van der Waals surface area (Å²) in [7, 11) is 8.62. The van der Waals surface area contributed by atoms with Crippen molar-refractivity contribution in [2.45, 2.75) is 286 Å². The first-order chi connectivity index (χ1) is 51.7. The van der Waals surface area contributed by atoms with Crippen molar-refractivity contribution in [2.24, 2.45) is 41.4 Å². The summed E-state index contributed by atoms with van der Waals surface area (Å²) >= 11 is 0. The minimum atomic E-state index is -5.17. The van der Waals surface area contributed by atoms with Crippen molar-refractivity contribution in [3.8, 4) is 0 Å². The lowest BCUT2D eigenvalue weighted by molar-refractivity contribution is -0.219. The number of alkyl halides is 5. The lowest BCUT2D eigenvalue weighted by Crippen LogP contribution is -2.68. The zero-order valence-electron chi connectivity index (χ0n) is 66.0. The zero-order chi connectivity index (χ0) is 79.5. The number of rotatable bonds is 13. The summed E-state index contributed by atoms with van der Waals surface area (Å²) < 4.78 is 79.1. The van der Waals surface area contributed by atoms with Gasteiger partial charge in [-0.05, 0) is 139 Å². The van der Waals surface area contributed by atoms with Crippen LogP contribution >= 0.6 is 0 Å². The van der Waals surface area contributed by atoms with E-state index in [1.54, 1.807) is 24.8 Å². The van der Waals surface area contributed by atoms with Crippen LogP contribution in [0.5, 0.6) is 0 Å². The van der Waals surface area contributed by atoms with Gasteiger partial charge >= 0.3 is 6.18 Å². The Bertz CT molecular complexity index is 3250. The summed E-state index contributed by atoms with van der Waals surface area (Å²) in [5.41, 5.74) is -1.63. The molecule has 4 heterocycles. The van der Waals surface area contributed by atoms with Crippen molar-refractivity contribution in [2.75, 3.05) is 88.2 Å². The molecule has 3 N–H and O–H groups in total. The second-order valence-electron chi connectivity index (χ2n) is 33.6. The lowest BCUT2D eigenvalue weighted by atomic mass is 9.74. The van der Waals surface area contributed by atoms with Crippen molar-refractivity contribution in [3.63, 3.8) is 0 Å². The molecular weight excluding hydrogens is 1420 g/mol. The van der Waals surface area contributed by atoms with E-state index in [1.165, 1.54) is 76.6 Å². The van der Waals surface area contributed by atoms with Gasteiger partial charge in [0.1, 0.15) is 72.1 Å².